The van der Waals surface area contributed by atoms with Gasteiger partial charge in [-0.3, -0.25) is 0 Å². The topological polar surface area (TPSA) is 35.5 Å². The van der Waals surface area contributed by atoms with Gasteiger partial charge < -0.3 is 9.47 Å². The third kappa shape index (κ3) is 3.70. The van der Waals surface area contributed by atoms with E-state index in [0.29, 0.717) is 12.4 Å². The zero-order chi connectivity index (χ0) is 12.0. The van der Waals surface area contributed by atoms with E-state index in [1.807, 2.05) is 24.3 Å². The summed E-state index contributed by atoms with van der Waals surface area (Å²) in [5.41, 5.74) is 0.824. The lowest BCUT2D eigenvalue weighted by Gasteiger charge is -2.06. The molecule has 1 rings (SSSR count). The molecule has 0 aliphatic carbocycles. The molecule has 0 aliphatic rings. The highest BCUT2D eigenvalue weighted by molar-refractivity contribution is 9.10. The third-order valence-corrected chi connectivity index (χ3v) is 2.36. The number of hydrogen-bond acceptors (Lipinski definition) is 3. The van der Waals surface area contributed by atoms with Crippen LogP contribution in [-0.2, 0) is 14.3 Å². The molecular formula is C12H13BrO3. The maximum Gasteiger partial charge on any atom is 0.334 e. The van der Waals surface area contributed by atoms with Crippen molar-refractivity contribution in [1.82, 2.24) is 0 Å². The molecule has 0 radical (unpaired) electrons. The lowest BCUT2D eigenvalue weighted by molar-refractivity contribution is -0.137. The summed E-state index contributed by atoms with van der Waals surface area (Å²) < 4.78 is 10.9. The summed E-state index contributed by atoms with van der Waals surface area (Å²) in [6.07, 6.45) is 1.34. The van der Waals surface area contributed by atoms with Crippen LogP contribution < -0.4 is 0 Å². The highest BCUT2D eigenvalue weighted by atomic mass is 79.9. The molecule has 0 aliphatic heterocycles. The first-order chi connectivity index (χ1) is 7.67. The minimum atomic E-state index is -0.403. The number of rotatable bonds is 4. The first kappa shape index (κ1) is 12.8. The van der Waals surface area contributed by atoms with Gasteiger partial charge in [-0.2, -0.15) is 0 Å². The Kier molecular flexibility index (Phi) is 5.05. The molecular weight excluding hydrogens is 272 g/mol. The predicted octanol–water partition coefficient (Wildman–Crippen LogP) is 3.00. The van der Waals surface area contributed by atoms with Gasteiger partial charge in [0.2, 0.25) is 0 Å². The van der Waals surface area contributed by atoms with Gasteiger partial charge in [0.05, 0.1) is 19.8 Å². The quantitative estimate of drug-likeness (QED) is 0.484. The molecule has 0 bridgehead atoms. The molecule has 0 unspecified atom stereocenters. The number of benzene rings is 1. The van der Waals surface area contributed by atoms with Crippen LogP contribution in [0.25, 0.3) is 5.76 Å². The average molecular weight is 285 g/mol. The molecule has 4 heteroatoms. The van der Waals surface area contributed by atoms with Crippen LogP contribution in [0, 0.1) is 0 Å². The summed E-state index contributed by atoms with van der Waals surface area (Å²) in [5.74, 6) is 0.0825. The Morgan fingerprint density at radius 2 is 2.25 bits per heavy atom. The van der Waals surface area contributed by atoms with E-state index in [9.17, 15) is 4.79 Å². The monoisotopic (exact) mass is 284 g/mol. The number of esters is 1. The molecule has 0 spiro atoms. The highest BCUT2D eigenvalue weighted by Crippen LogP contribution is 2.19. The van der Waals surface area contributed by atoms with E-state index in [4.69, 9.17) is 9.47 Å². The molecule has 1 aromatic carbocycles. The second kappa shape index (κ2) is 6.33. The van der Waals surface area contributed by atoms with Crippen LogP contribution in [0.2, 0.25) is 0 Å². The maximum absolute atomic E-state index is 11.3. The SMILES string of the molecule is CCOC(=O)C=C(OC)c1cccc(Br)c1. The van der Waals surface area contributed by atoms with E-state index in [1.54, 1.807) is 6.92 Å². The summed E-state index contributed by atoms with van der Waals surface area (Å²) in [7, 11) is 1.52. The van der Waals surface area contributed by atoms with Crippen molar-refractivity contribution in [2.75, 3.05) is 13.7 Å². The molecule has 0 N–H and O–H groups in total. The number of hydrogen-bond donors (Lipinski definition) is 0. The molecule has 16 heavy (non-hydrogen) atoms. The van der Waals surface area contributed by atoms with Crippen LogP contribution >= 0.6 is 15.9 Å². The molecule has 1 aromatic rings. The van der Waals surface area contributed by atoms with Crippen molar-refractivity contribution < 1.29 is 14.3 Å². The van der Waals surface area contributed by atoms with E-state index in [-0.39, 0.29) is 0 Å². The van der Waals surface area contributed by atoms with Gasteiger partial charge in [0.25, 0.3) is 0 Å². The van der Waals surface area contributed by atoms with Gasteiger partial charge >= 0.3 is 5.97 Å². The average Bonchev–Trinajstić information content (AvgIpc) is 2.26. The third-order valence-electron chi connectivity index (χ3n) is 1.86. The van der Waals surface area contributed by atoms with Crippen molar-refractivity contribution in [3.8, 4) is 0 Å². The molecule has 0 saturated heterocycles. The lowest BCUT2D eigenvalue weighted by Crippen LogP contribution is -2.01. The Morgan fingerprint density at radius 1 is 1.50 bits per heavy atom. The molecule has 0 saturated carbocycles. The van der Waals surface area contributed by atoms with Gasteiger partial charge in [0, 0.05) is 10.0 Å². The zero-order valence-electron chi connectivity index (χ0n) is 9.20. The van der Waals surface area contributed by atoms with Crippen LogP contribution in [0.5, 0.6) is 0 Å². The van der Waals surface area contributed by atoms with E-state index in [2.05, 4.69) is 15.9 Å². The largest absolute Gasteiger partial charge is 0.496 e. The van der Waals surface area contributed by atoms with Crippen molar-refractivity contribution in [2.24, 2.45) is 0 Å². The molecule has 0 heterocycles. The molecule has 0 fully saturated rings. The smallest absolute Gasteiger partial charge is 0.334 e. The van der Waals surface area contributed by atoms with Gasteiger partial charge in [-0.05, 0) is 19.1 Å². The summed E-state index contributed by atoms with van der Waals surface area (Å²) in [4.78, 5) is 11.3. The molecule has 0 aromatic heterocycles. The molecule has 3 nitrogen and oxygen atoms in total. The maximum atomic E-state index is 11.3. The Labute approximate surface area is 103 Å². The second-order valence-corrected chi connectivity index (χ2v) is 3.89. The number of carbonyl (C=O) groups is 1. The van der Waals surface area contributed by atoms with Crippen molar-refractivity contribution in [1.29, 1.82) is 0 Å². The highest BCUT2D eigenvalue weighted by Gasteiger charge is 2.05. The van der Waals surface area contributed by atoms with Crippen LogP contribution in [0.4, 0.5) is 0 Å². The summed E-state index contributed by atoms with van der Waals surface area (Å²) >= 11 is 3.36. The van der Waals surface area contributed by atoms with E-state index < -0.39 is 5.97 Å². The minimum Gasteiger partial charge on any atom is -0.496 e. The van der Waals surface area contributed by atoms with E-state index in [1.165, 1.54) is 13.2 Å². The van der Waals surface area contributed by atoms with Crippen LogP contribution in [0.1, 0.15) is 12.5 Å². The fraction of sp³-hybridized carbons (Fsp3) is 0.250. The van der Waals surface area contributed by atoms with E-state index >= 15 is 0 Å². The second-order valence-electron chi connectivity index (χ2n) is 2.98. The fourth-order valence-corrected chi connectivity index (χ4v) is 1.59. The van der Waals surface area contributed by atoms with Gasteiger partial charge in [0.15, 0.2) is 0 Å². The Bertz CT molecular complexity index is 399. The first-order valence-corrected chi connectivity index (χ1v) is 5.65. The zero-order valence-corrected chi connectivity index (χ0v) is 10.8. The summed E-state index contributed by atoms with van der Waals surface area (Å²) in [5, 5.41) is 0. The number of halogens is 1. The number of carbonyl (C=O) groups excluding carboxylic acids is 1. The fourth-order valence-electron chi connectivity index (χ4n) is 1.19. The van der Waals surface area contributed by atoms with Gasteiger partial charge in [0.1, 0.15) is 5.76 Å². The van der Waals surface area contributed by atoms with Crippen molar-refractivity contribution in [3.63, 3.8) is 0 Å². The molecule has 86 valence electrons. The van der Waals surface area contributed by atoms with Crippen LogP contribution in [-0.4, -0.2) is 19.7 Å². The summed E-state index contributed by atoms with van der Waals surface area (Å²) in [6, 6.07) is 7.51. The normalized spacial score (nSPS) is 11.1. The number of ether oxygens (including phenoxy) is 2. The predicted molar refractivity (Wildman–Crippen MR) is 65.8 cm³/mol. The van der Waals surface area contributed by atoms with Crippen LogP contribution in [0.3, 0.4) is 0 Å². The summed E-state index contributed by atoms with van der Waals surface area (Å²) in [6.45, 7) is 2.11. The van der Waals surface area contributed by atoms with Crippen molar-refractivity contribution in [3.05, 3.63) is 40.4 Å². The lowest BCUT2D eigenvalue weighted by atomic mass is 10.2. The minimum absolute atomic E-state index is 0.352. The number of methoxy groups -OCH3 is 1. The van der Waals surface area contributed by atoms with Gasteiger partial charge in [-0.15, -0.1) is 0 Å². The van der Waals surface area contributed by atoms with Gasteiger partial charge in [-0.1, -0.05) is 28.1 Å². The van der Waals surface area contributed by atoms with Gasteiger partial charge in [-0.25, -0.2) is 4.79 Å². The Hall–Kier alpha value is -1.29. The Morgan fingerprint density at radius 3 is 2.81 bits per heavy atom. The first-order valence-electron chi connectivity index (χ1n) is 4.85. The van der Waals surface area contributed by atoms with Crippen LogP contribution in [0.15, 0.2) is 34.8 Å². The van der Waals surface area contributed by atoms with Crippen molar-refractivity contribution in [2.45, 2.75) is 6.92 Å². The standard InChI is InChI=1S/C12H13BrO3/c1-3-16-12(14)8-11(15-2)9-5-4-6-10(13)7-9/h4-8H,3H2,1-2H3. The van der Waals surface area contributed by atoms with E-state index in [0.717, 1.165) is 10.0 Å². The Balaban J connectivity index is 2.94. The molecule has 0 atom stereocenters. The van der Waals surface area contributed by atoms with Crippen molar-refractivity contribution >= 4 is 27.7 Å². The molecule has 0 amide bonds.